The third-order valence-electron chi connectivity index (χ3n) is 4.86. The molecule has 1 heterocycles. The Balaban J connectivity index is 1.64. The normalized spacial score (nSPS) is 26.0. The average Bonchev–Trinajstić information content (AvgIpc) is 3.19. The second-order valence-corrected chi connectivity index (χ2v) is 6.79. The van der Waals surface area contributed by atoms with Crippen LogP contribution < -0.4 is 21.7 Å². The summed E-state index contributed by atoms with van der Waals surface area (Å²) in [6.45, 7) is 1.61. The van der Waals surface area contributed by atoms with E-state index in [1.807, 2.05) is 6.19 Å². The summed E-state index contributed by atoms with van der Waals surface area (Å²) in [6.07, 6.45) is 8.39. The topological polar surface area (TPSA) is 128 Å². The Morgan fingerprint density at radius 2 is 2.24 bits per heavy atom. The standard InChI is InChI=1S/C17H23N7O/c1-10(19)16(25)24-15-5-4-13(8-20-15)22-17(21-9-18)23-14-7-11-2-3-12(14)6-11/h4-5,8,10-12,14H,2-3,6-7,19H2,1H3,(H,20,24,25)(H2,21,22,23)/t10-,11-,12+,14-/m0/s1. The van der Waals surface area contributed by atoms with E-state index in [4.69, 9.17) is 16.0 Å². The van der Waals surface area contributed by atoms with Gasteiger partial charge in [-0.25, -0.2) is 9.98 Å². The predicted molar refractivity (Wildman–Crippen MR) is 95.6 cm³/mol. The molecule has 4 atom stereocenters. The van der Waals surface area contributed by atoms with Gasteiger partial charge in [0.1, 0.15) is 5.82 Å². The van der Waals surface area contributed by atoms with E-state index in [-0.39, 0.29) is 11.9 Å². The Bertz CT molecular complexity index is 692. The number of fused-ring (bicyclic) bond motifs is 2. The second-order valence-electron chi connectivity index (χ2n) is 6.79. The van der Waals surface area contributed by atoms with Crippen molar-refractivity contribution in [3.8, 4) is 6.19 Å². The van der Waals surface area contributed by atoms with Gasteiger partial charge >= 0.3 is 0 Å². The first-order valence-electron chi connectivity index (χ1n) is 8.57. The Labute approximate surface area is 146 Å². The second kappa shape index (κ2) is 7.49. The van der Waals surface area contributed by atoms with Gasteiger partial charge in [0.15, 0.2) is 6.19 Å². The number of nitrogens with two attached hydrogens (primary N) is 1. The van der Waals surface area contributed by atoms with Crippen molar-refractivity contribution < 1.29 is 4.79 Å². The molecule has 2 saturated carbocycles. The molecule has 1 aromatic heterocycles. The van der Waals surface area contributed by atoms with Crippen molar-refractivity contribution in [1.29, 1.82) is 5.26 Å². The van der Waals surface area contributed by atoms with Gasteiger partial charge in [0.05, 0.1) is 24.0 Å². The van der Waals surface area contributed by atoms with Crippen molar-refractivity contribution >= 4 is 23.4 Å². The molecule has 2 fully saturated rings. The van der Waals surface area contributed by atoms with E-state index in [2.05, 4.69) is 20.9 Å². The lowest BCUT2D eigenvalue weighted by Gasteiger charge is -2.19. The fourth-order valence-corrected chi connectivity index (χ4v) is 3.60. The number of anilines is 2. The van der Waals surface area contributed by atoms with Crippen LogP contribution in [-0.2, 0) is 4.79 Å². The molecule has 0 saturated heterocycles. The first-order valence-corrected chi connectivity index (χ1v) is 8.57. The number of rotatable bonds is 4. The monoisotopic (exact) mass is 341 g/mol. The number of hydrogen-bond acceptors (Lipinski definition) is 5. The van der Waals surface area contributed by atoms with Crippen molar-refractivity contribution in [2.45, 2.75) is 44.7 Å². The van der Waals surface area contributed by atoms with Crippen molar-refractivity contribution in [2.24, 2.45) is 22.6 Å². The van der Waals surface area contributed by atoms with Crippen LogP contribution in [0.5, 0.6) is 0 Å². The van der Waals surface area contributed by atoms with Crippen LogP contribution in [0.1, 0.15) is 32.6 Å². The van der Waals surface area contributed by atoms with Crippen LogP contribution in [0.2, 0.25) is 0 Å². The van der Waals surface area contributed by atoms with Crippen LogP contribution in [0.15, 0.2) is 23.3 Å². The molecule has 0 radical (unpaired) electrons. The molecule has 2 aliphatic rings. The largest absolute Gasteiger partial charge is 0.324 e. The van der Waals surface area contributed by atoms with Crippen molar-refractivity contribution in [3.05, 3.63) is 18.3 Å². The van der Waals surface area contributed by atoms with E-state index in [9.17, 15) is 4.79 Å². The summed E-state index contributed by atoms with van der Waals surface area (Å²) in [4.78, 5) is 20.4. The molecule has 1 amide bonds. The number of pyridine rings is 1. The third-order valence-corrected chi connectivity index (χ3v) is 4.86. The number of amides is 1. The lowest BCUT2D eigenvalue weighted by molar-refractivity contribution is -0.117. The van der Waals surface area contributed by atoms with Crippen molar-refractivity contribution in [3.63, 3.8) is 0 Å². The van der Waals surface area contributed by atoms with E-state index in [0.29, 0.717) is 23.4 Å². The number of hydrogen-bond donors (Lipinski definition) is 4. The molecule has 3 rings (SSSR count). The van der Waals surface area contributed by atoms with Gasteiger partial charge < -0.3 is 16.4 Å². The third kappa shape index (κ3) is 4.25. The number of nitriles is 1. The Morgan fingerprint density at radius 3 is 2.80 bits per heavy atom. The molecule has 1 aromatic rings. The molecule has 5 N–H and O–H groups in total. The fraction of sp³-hybridized carbons (Fsp3) is 0.529. The number of aromatic nitrogens is 1. The molecule has 0 spiro atoms. The van der Waals surface area contributed by atoms with E-state index < -0.39 is 6.04 Å². The van der Waals surface area contributed by atoms with Crippen LogP contribution in [0.3, 0.4) is 0 Å². The molecule has 0 aromatic carbocycles. The van der Waals surface area contributed by atoms with E-state index in [0.717, 1.165) is 12.3 Å². The number of guanidine groups is 1. The van der Waals surface area contributed by atoms with Gasteiger partial charge in [0, 0.05) is 0 Å². The maximum Gasteiger partial charge on any atom is 0.242 e. The van der Waals surface area contributed by atoms with Gasteiger partial charge in [-0.15, -0.1) is 0 Å². The highest BCUT2D eigenvalue weighted by Crippen LogP contribution is 2.45. The lowest BCUT2D eigenvalue weighted by Crippen LogP contribution is -2.32. The number of nitrogens with one attached hydrogen (secondary N) is 3. The van der Waals surface area contributed by atoms with Gasteiger partial charge in [-0.05, 0) is 50.2 Å². The molecule has 8 heteroatoms. The lowest BCUT2D eigenvalue weighted by atomic mass is 9.96. The Kier molecular flexibility index (Phi) is 5.14. The van der Waals surface area contributed by atoms with Crippen LogP contribution in [-0.4, -0.2) is 28.9 Å². The molecule has 132 valence electrons. The average molecular weight is 341 g/mol. The summed E-state index contributed by atoms with van der Waals surface area (Å²) in [7, 11) is 0. The number of carbonyl (C=O) groups is 1. The Morgan fingerprint density at radius 1 is 1.40 bits per heavy atom. The van der Waals surface area contributed by atoms with Gasteiger partial charge in [-0.2, -0.15) is 5.26 Å². The molecule has 2 aliphatic carbocycles. The molecule has 0 aliphatic heterocycles. The summed E-state index contributed by atoms with van der Waals surface area (Å²) >= 11 is 0. The van der Waals surface area contributed by atoms with Gasteiger partial charge in [-0.1, -0.05) is 6.42 Å². The maximum atomic E-state index is 11.6. The highest BCUT2D eigenvalue weighted by molar-refractivity contribution is 5.95. The van der Waals surface area contributed by atoms with E-state index in [1.54, 1.807) is 25.3 Å². The first-order chi connectivity index (χ1) is 12.0. The first kappa shape index (κ1) is 17.2. The zero-order valence-electron chi connectivity index (χ0n) is 14.2. The molecular weight excluding hydrogens is 318 g/mol. The van der Waals surface area contributed by atoms with Crippen molar-refractivity contribution in [1.82, 2.24) is 10.3 Å². The van der Waals surface area contributed by atoms with E-state index >= 15 is 0 Å². The summed E-state index contributed by atoms with van der Waals surface area (Å²) in [5.41, 5.74) is 6.19. The minimum absolute atomic E-state index is 0.277. The molecule has 0 unspecified atom stereocenters. The molecule has 2 bridgehead atoms. The molecular formula is C17H23N7O. The zero-order valence-corrected chi connectivity index (χ0v) is 14.2. The SMILES string of the molecule is C[C@H](N)C(=O)Nc1ccc(NC(=N[C@H]2C[C@H]3CC[C@@H]2C3)NC#N)cn1. The maximum absolute atomic E-state index is 11.6. The van der Waals surface area contributed by atoms with Crippen LogP contribution in [0.25, 0.3) is 0 Å². The predicted octanol–water partition coefficient (Wildman–Crippen LogP) is 1.39. The zero-order chi connectivity index (χ0) is 17.8. The highest BCUT2D eigenvalue weighted by Gasteiger charge is 2.39. The van der Waals surface area contributed by atoms with Crippen LogP contribution in [0, 0.1) is 23.3 Å². The minimum Gasteiger partial charge on any atom is -0.324 e. The van der Waals surface area contributed by atoms with Gasteiger partial charge in [0.2, 0.25) is 11.9 Å². The molecule has 8 nitrogen and oxygen atoms in total. The summed E-state index contributed by atoms with van der Waals surface area (Å²) in [5.74, 6) is 1.99. The quantitative estimate of drug-likeness (QED) is 0.283. The van der Waals surface area contributed by atoms with Crippen LogP contribution >= 0.6 is 0 Å². The number of nitrogens with zero attached hydrogens (tertiary/aromatic N) is 3. The highest BCUT2D eigenvalue weighted by atomic mass is 16.2. The van der Waals surface area contributed by atoms with Gasteiger partial charge in [-0.3, -0.25) is 10.1 Å². The van der Waals surface area contributed by atoms with E-state index in [1.165, 1.54) is 19.3 Å². The van der Waals surface area contributed by atoms with Crippen molar-refractivity contribution in [2.75, 3.05) is 10.6 Å². The minimum atomic E-state index is -0.597. The Hall–Kier alpha value is -2.66. The fourth-order valence-electron chi connectivity index (χ4n) is 3.60. The summed E-state index contributed by atoms with van der Waals surface area (Å²) < 4.78 is 0. The number of aliphatic imine (C=N–C) groups is 1. The van der Waals surface area contributed by atoms with Crippen LogP contribution in [0.4, 0.5) is 11.5 Å². The number of carbonyl (C=O) groups excluding carboxylic acids is 1. The summed E-state index contributed by atoms with van der Waals surface area (Å²) in [6, 6.07) is 3.11. The molecule has 25 heavy (non-hydrogen) atoms. The smallest absolute Gasteiger partial charge is 0.242 e. The summed E-state index contributed by atoms with van der Waals surface area (Å²) in [5, 5.41) is 17.3. The van der Waals surface area contributed by atoms with Gasteiger partial charge in [0.25, 0.3) is 0 Å².